The molecule has 0 amide bonds. The fourth-order valence-corrected chi connectivity index (χ4v) is 1.73. The van der Waals surface area contributed by atoms with E-state index >= 15 is 0 Å². The lowest BCUT2D eigenvalue weighted by atomic mass is 10.2. The van der Waals surface area contributed by atoms with Gasteiger partial charge in [-0.3, -0.25) is 4.79 Å². The summed E-state index contributed by atoms with van der Waals surface area (Å²) in [4.78, 5) is 13.3. The standard InChI is InChI=1S/C10H13NO/c12-10-5-4-9(8-10)11-6-2-1-3-7-11/h1-2,8H,3-7H2. The molecular weight excluding hydrogens is 150 g/mol. The normalized spacial score (nSPS) is 23.2. The fraction of sp³-hybridized carbons (Fsp3) is 0.500. The molecule has 0 aromatic heterocycles. The Bertz CT molecular complexity index is 253. The van der Waals surface area contributed by atoms with Crippen molar-refractivity contribution in [2.75, 3.05) is 13.1 Å². The average molecular weight is 163 g/mol. The second-order valence-electron chi connectivity index (χ2n) is 3.31. The molecular formula is C10H13NO. The zero-order valence-electron chi connectivity index (χ0n) is 7.12. The number of hydrogen-bond acceptors (Lipinski definition) is 2. The molecule has 2 heteroatoms. The Hall–Kier alpha value is -1.05. The van der Waals surface area contributed by atoms with Gasteiger partial charge in [-0.15, -0.1) is 0 Å². The summed E-state index contributed by atoms with van der Waals surface area (Å²) in [6.45, 7) is 2.06. The molecule has 64 valence electrons. The van der Waals surface area contributed by atoms with Crippen LogP contribution in [0.3, 0.4) is 0 Å². The Morgan fingerprint density at radius 3 is 2.75 bits per heavy atom. The molecule has 2 rings (SSSR count). The van der Waals surface area contributed by atoms with E-state index in [0.717, 1.165) is 32.4 Å². The highest BCUT2D eigenvalue weighted by molar-refractivity contribution is 5.92. The van der Waals surface area contributed by atoms with E-state index in [2.05, 4.69) is 17.1 Å². The summed E-state index contributed by atoms with van der Waals surface area (Å²) < 4.78 is 0. The monoisotopic (exact) mass is 163 g/mol. The SMILES string of the molecule is O=C1C=C(N2CC=CCC2)CC1. The lowest BCUT2D eigenvalue weighted by Crippen LogP contribution is -2.25. The maximum atomic E-state index is 11.0. The van der Waals surface area contributed by atoms with E-state index in [1.165, 1.54) is 5.70 Å². The number of ketones is 1. The van der Waals surface area contributed by atoms with Crippen LogP contribution >= 0.6 is 0 Å². The minimum absolute atomic E-state index is 0.291. The van der Waals surface area contributed by atoms with Crippen molar-refractivity contribution < 1.29 is 4.79 Å². The minimum atomic E-state index is 0.291. The fourth-order valence-electron chi connectivity index (χ4n) is 1.73. The first-order valence-corrected chi connectivity index (χ1v) is 4.49. The summed E-state index contributed by atoms with van der Waals surface area (Å²) >= 11 is 0. The van der Waals surface area contributed by atoms with Crippen LogP contribution in [0.2, 0.25) is 0 Å². The van der Waals surface area contributed by atoms with Gasteiger partial charge in [0.2, 0.25) is 0 Å². The molecule has 0 aromatic rings. The summed E-state index contributed by atoms with van der Waals surface area (Å²) in [5.74, 6) is 0.291. The minimum Gasteiger partial charge on any atom is -0.371 e. The van der Waals surface area contributed by atoms with Crippen molar-refractivity contribution in [3.63, 3.8) is 0 Å². The zero-order valence-corrected chi connectivity index (χ0v) is 7.12. The molecule has 0 saturated heterocycles. The lowest BCUT2D eigenvalue weighted by molar-refractivity contribution is -0.114. The van der Waals surface area contributed by atoms with Gasteiger partial charge in [0.1, 0.15) is 0 Å². The molecule has 0 atom stereocenters. The van der Waals surface area contributed by atoms with Crippen LogP contribution in [-0.2, 0) is 4.79 Å². The largest absolute Gasteiger partial charge is 0.371 e. The van der Waals surface area contributed by atoms with Crippen molar-refractivity contribution >= 4 is 5.78 Å². The zero-order chi connectivity index (χ0) is 8.39. The molecule has 0 N–H and O–H groups in total. The molecule has 0 saturated carbocycles. The molecule has 0 radical (unpaired) electrons. The first kappa shape index (κ1) is 7.59. The van der Waals surface area contributed by atoms with Crippen molar-refractivity contribution in [3.8, 4) is 0 Å². The van der Waals surface area contributed by atoms with Crippen LogP contribution in [0, 0.1) is 0 Å². The number of rotatable bonds is 1. The Balaban J connectivity index is 2.04. The van der Waals surface area contributed by atoms with Crippen molar-refractivity contribution in [2.24, 2.45) is 0 Å². The Morgan fingerprint density at radius 1 is 1.25 bits per heavy atom. The molecule has 0 spiro atoms. The van der Waals surface area contributed by atoms with Gasteiger partial charge in [0.25, 0.3) is 0 Å². The van der Waals surface area contributed by atoms with Crippen LogP contribution in [0.1, 0.15) is 19.3 Å². The van der Waals surface area contributed by atoms with Crippen LogP contribution in [0.4, 0.5) is 0 Å². The molecule has 0 bridgehead atoms. The third kappa shape index (κ3) is 1.42. The maximum absolute atomic E-state index is 11.0. The number of nitrogens with zero attached hydrogens (tertiary/aromatic N) is 1. The van der Waals surface area contributed by atoms with E-state index in [4.69, 9.17) is 0 Å². The van der Waals surface area contributed by atoms with Crippen molar-refractivity contribution in [3.05, 3.63) is 23.9 Å². The summed E-state index contributed by atoms with van der Waals surface area (Å²) in [6, 6.07) is 0. The van der Waals surface area contributed by atoms with Crippen LogP contribution in [0.5, 0.6) is 0 Å². The first-order valence-electron chi connectivity index (χ1n) is 4.49. The second-order valence-corrected chi connectivity index (χ2v) is 3.31. The lowest BCUT2D eigenvalue weighted by Gasteiger charge is -2.26. The third-order valence-electron chi connectivity index (χ3n) is 2.42. The highest BCUT2D eigenvalue weighted by Crippen LogP contribution is 2.20. The van der Waals surface area contributed by atoms with E-state index in [9.17, 15) is 4.79 Å². The summed E-state index contributed by atoms with van der Waals surface area (Å²) in [7, 11) is 0. The summed E-state index contributed by atoms with van der Waals surface area (Å²) in [5, 5.41) is 0. The molecule has 0 aromatic carbocycles. The quantitative estimate of drug-likeness (QED) is 0.546. The van der Waals surface area contributed by atoms with Gasteiger partial charge in [-0.05, 0) is 12.8 Å². The van der Waals surface area contributed by atoms with Crippen LogP contribution < -0.4 is 0 Å². The van der Waals surface area contributed by atoms with Crippen molar-refractivity contribution in [2.45, 2.75) is 19.3 Å². The van der Waals surface area contributed by atoms with Crippen LogP contribution in [0.15, 0.2) is 23.9 Å². The molecule has 0 unspecified atom stereocenters. The van der Waals surface area contributed by atoms with Gasteiger partial charge in [0.05, 0.1) is 0 Å². The number of allylic oxidation sites excluding steroid dienone is 2. The predicted molar refractivity (Wildman–Crippen MR) is 47.7 cm³/mol. The Morgan fingerprint density at radius 2 is 2.17 bits per heavy atom. The predicted octanol–water partition coefficient (Wildman–Crippen LogP) is 1.50. The number of hydrogen-bond donors (Lipinski definition) is 0. The average Bonchev–Trinajstić information content (AvgIpc) is 2.54. The Kier molecular flexibility index (Phi) is 1.98. The van der Waals surface area contributed by atoms with Gasteiger partial charge >= 0.3 is 0 Å². The van der Waals surface area contributed by atoms with E-state index < -0.39 is 0 Å². The number of carbonyl (C=O) groups excluding carboxylic acids is 1. The summed E-state index contributed by atoms with van der Waals surface area (Å²) in [6.07, 6.45) is 8.97. The summed E-state index contributed by atoms with van der Waals surface area (Å²) in [5.41, 5.74) is 1.24. The van der Waals surface area contributed by atoms with E-state index in [1.807, 2.05) is 0 Å². The van der Waals surface area contributed by atoms with E-state index in [0.29, 0.717) is 5.78 Å². The van der Waals surface area contributed by atoms with E-state index in [1.54, 1.807) is 6.08 Å². The van der Waals surface area contributed by atoms with Gasteiger partial charge < -0.3 is 4.90 Å². The molecule has 12 heavy (non-hydrogen) atoms. The first-order chi connectivity index (χ1) is 5.86. The molecule has 0 fully saturated rings. The molecule has 2 nitrogen and oxygen atoms in total. The van der Waals surface area contributed by atoms with Gasteiger partial charge in [0.15, 0.2) is 5.78 Å². The van der Waals surface area contributed by atoms with Gasteiger partial charge in [0, 0.05) is 31.3 Å². The highest BCUT2D eigenvalue weighted by atomic mass is 16.1. The third-order valence-corrected chi connectivity index (χ3v) is 2.42. The Labute approximate surface area is 72.6 Å². The molecule has 1 aliphatic carbocycles. The molecule has 1 heterocycles. The van der Waals surface area contributed by atoms with Crippen molar-refractivity contribution in [1.82, 2.24) is 4.90 Å². The molecule has 2 aliphatic rings. The van der Waals surface area contributed by atoms with Crippen LogP contribution in [0.25, 0.3) is 0 Å². The van der Waals surface area contributed by atoms with Gasteiger partial charge in [-0.25, -0.2) is 0 Å². The van der Waals surface area contributed by atoms with E-state index in [-0.39, 0.29) is 0 Å². The number of carbonyl (C=O) groups is 1. The highest BCUT2D eigenvalue weighted by Gasteiger charge is 2.17. The topological polar surface area (TPSA) is 20.3 Å². The second kappa shape index (κ2) is 3.13. The van der Waals surface area contributed by atoms with Gasteiger partial charge in [-0.2, -0.15) is 0 Å². The van der Waals surface area contributed by atoms with Gasteiger partial charge in [-0.1, -0.05) is 12.2 Å². The molecule has 1 aliphatic heterocycles. The van der Waals surface area contributed by atoms with Crippen molar-refractivity contribution in [1.29, 1.82) is 0 Å². The smallest absolute Gasteiger partial charge is 0.157 e. The maximum Gasteiger partial charge on any atom is 0.157 e. The van der Waals surface area contributed by atoms with Crippen LogP contribution in [-0.4, -0.2) is 23.8 Å².